The number of carbonyl (C=O) groups is 1. The average molecular weight is 385 g/mol. The minimum Gasteiger partial charge on any atom is -0.462 e. The molecule has 130 valence electrons. The van der Waals surface area contributed by atoms with Gasteiger partial charge in [-0.05, 0) is 37.3 Å². The van der Waals surface area contributed by atoms with Crippen molar-refractivity contribution in [2.45, 2.75) is 6.92 Å². The molecular formula is C18H13ClN4O2S. The monoisotopic (exact) mass is 384 g/mol. The number of hydrogen-bond donors (Lipinski definition) is 1. The number of ether oxygens (including phenoxy) is 1. The summed E-state index contributed by atoms with van der Waals surface area (Å²) < 4.78 is 5.89. The highest BCUT2D eigenvalue weighted by Crippen LogP contribution is 2.31. The van der Waals surface area contributed by atoms with Gasteiger partial charge in [0.25, 0.3) is 0 Å². The van der Waals surface area contributed by atoms with Gasteiger partial charge in [-0.1, -0.05) is 35.1 Å². The summed E-state index contributed by atoms with van der Waals surface area (Å²) in [6, 6.07) is 12.8. The molecule has 0 amide bonds. The second-order valence-electron chi connectivity index (χ2n) is 5.40. The number of fused-ring (bicyclic) bond motifs is 2. The van der Waals surface area contributed by atoms with Crippen molar-refractivity contribution < 1.29 is 9.53 Å². The van der Waals surface area contributed by atoms with Crippen LogP contribution in [-0.4, -0.2) is 27.5 Å². The van der Waals surface area contributed by atoms with E-state index >= 15 is 0 Å². The zero-order chi connectivity index (χ0) is 18.1. The van der Waals surface area contributed by atoms with Crippen LogP contribution in [0.2, 0.25) is 5.15 Å². The minimum atomic E-state index is -0.347. The molecule has 0 atom stereocenters. The van der Waals surface area contributed by atoms with Crippen molar-refractivity contribution >= 4 is 61.1 Å². The third-order valence-corrected chi connectivity index (χ3v) is 4.85. The molecule has 0 unspecified atom stereocenters. The van der Waals surface area contributed by atoms with E-state index in [0.29, 0.717) is 23.1 Å². The van der Waals surface area contributed by atoms with Gasteiger partial charge in [0, 0.05) is 0 Å². The molecule has 0 aliphatic heterocycles. The van der Waals surface area contributed by atoms with Gasteiger partial charge in [0.15, 0.2) is 16.1 Å². The molecule has 0 bridgehead atoms. The summed E-state index contributed by atoms with van der Waals surface area (Å²) in [5.41, 5.74) is 2.74. The number of hydrogen-bond acceptors (Lipinski definition) is 7. The number of aromatic nitrogens is 3. The largest absolute Gasteiger partial charge is 0.462 e. The smallest absolute Gasteiger partial charge is 0.338 e. The molecule has 1 N–H and O–H groups in total. The third kappa shape index (κ3) is 3.18. The number of rotatable bonds is 4. The van der Waals surface area contributed by atoms with E-state index < -0.39 is 0 Å². The van der Waals surface area contributed by atoms with Crippen LogP contribution in [0.1, 0.15) is 17.3 Å². The Morgan fingerprint density at radius 1 is 1.12 bits per heavy atom. The first-order valence-corrected chi connectivity index (χ1v) is 9.10. The van der Waals surface area contributed by atoms with Gasteiger partial charge in [0.1, 0.15) is 0 Å². The summed E-state index contributed by atoms with van der Waals surface area (Å²) in [7, 11) is 0. The van der Waals surface area contributed by atoms with E-state index in [0.717, 1.165) is 21.3 Å². The molecule has 0 aliphatic rings. The van der Waals surface area contributed by atoms with Crippen LogP contribution in [0.4, 0.5) is 10.9 Å². The molecule has 0 fully saturated rings. The lowest BCUT2D eigenvalue weighted by Crippen LogP contribution is -2.03. The average Bonchev–Trinajstić information content (AvgIpc) is 3.04. The van der Waals surface area contributed by atoms with Crippen molar-refractivity contribution in [3.63, 3.8) is 0 Å². The first-order valence-electron chi connectivity index (χ1n) is 7.91. The lowest BCUT2D eigenvalue weighted by atomic mass is 10.2. The van der Waals surface area contributed by atoms with Gasteiger partial charge in [-0.2, -0.15) is 0 Å². The molecule has 0 saturated heterocycles. The first-order chi connectivity index (χ1) is 12.6. The second kappa shape index (κ2) is 6.86. The molecule has 2 aromatic heterocycles. The van der Waals surface area contributed by atoms with Gasteiger partial charge in [0.05, 0.1) is 33.4 Å². The van der Waals surface area contributed by atoms with Crippen LogP contribution in [0.3, 0.4) is 0 Å². The van der Waals surface area contributed by atoms with Crippen molar-refractivity contribution in [3.8, 4) is 0 Å². The number of nitrogens with zero attached hydrogens (tertiary/aromatic N) is 3. The van der Waals surface area contributed by atoms with Crippen molar-refractivity contribution in [1.29, 1.82) is 0 Å². The van der Waals surface area contributed by atoms with Crippen LogP contribution in [0.15, 0.2) is 42.5 Å². The Hall–Kier alpha value is -2.77. The minimum absolute atomic E-state index is 0.273. The van der Waals surface area contributed by atoms with Crippen molar-refractivity contribution in [3.05, 3.63) is 53.2 Å². The standard InChI is InChI=1S/C18H13ClN4O2S/c1-2-25-17(24)10-7-8-13-14(9-10)26-18(22-13)23-16-15(19)20-11-5-3-4-6-12(11)21-16/h3-9H,2H2,1H3,(H,21,22,23). The van der Waals surface area contributed by atoms with Gasteiger partial charge < -0.3 is 10.1 Å². The second-order valence-corrected chi connectivity index (χ2v) is 6.79. The summed E-state index contributed by atoms with van der Waals surface area (Å²) in [6.07, 6.45) is 0. The van der Waals surface area contributed by atoms with Gasteiger partial charge >= 0.3 is 5.97 Å². The summed E-state index contributed by atoms with van der Waals surface area (Å²) in [5.74, 6) is 0.0933. The number of halogens is 1. The highest BCUT2D eigenvalue weighted by molar-refractivity contribution is 7.22. The number of esters is 1. The van der Waals surface area contributed by atoms with Gasteiger partial charge in [-0.25, -0.2) is 19.7 Å². The van der Waals surface area contributed by atoms with Crippen LogP contribution >= 0.6 is 22.9 Å². The number of nitrogens with one attached hydrogen (secondary N) is 1. The van der Waals surface area contributed by atoms with Crippen LogP contribution in [0, 0.1) is 0 Å². The fourth-order valence-corrected chi connectivity index (χ4v) is 3.56. The first kappa shape index (κ1) is 16.7. The molecule has 6 nitrogen and oxygen atoms in total. The van der Waals surface area contributed by atoms with Crippen LogP contribution in [0.25, 0.3) is 21.3 Å². The molecule has 4 aromatic rings. The molecule has 2 heterocycles. The number of thiazole rings is 1. The normalized spacial score (nSPS) is 11.0. The fraction of sp³-hybridized carbons (Fsp3) is 0.111. The Bertz CT molecular complexity index is 1130. The number of benzene rings is 2. The summed E-state index contributed by atoms with van der Waals surface area (Å²) in [4.78, 5) is 25.2. The Morgan fingerprint density at radius 2 is 1.88 bits per heavy atom. The van der Waals surface area contributed by atoms with Crippen molar-refractivity contribution in [1.82, 2.24) is 15.0 Å². The van der Waals surface area contributed by atoms with E-state index in [-0.39, 0.29) is 11.1 Å². The zero-order valence-electron chi connectivity index (χ0n) is 13.7. The van der Waals surface area contributed by atoms with E-state index in [9.17, 15) is 4.79 Å². The maximum atomic E-state index is 11.9. The number of anilines is 2. The summed E-state index contributed by atoms with van der Waals surface area (Å²) >= 11 is 7.63. The van der Waals surface area contributed by atoms with Crippen LogP contribution < -0.4 is 5.32 Å². The predicted molar refractivity (Wildman–Crippen MR) is 103 cm³/mol. The fourth-order valence-electron chi connectivity index (χ4n) is 2.48. The van der Waals surface area contributed by atoms with E-state index in [1.54, 1.807) is 25.1 Å². The lowest BCUT2D eigenvalue weighted by Gasteiger charge is -2.05. The van der Waals surface area contributed by atoms with Crippen molar-refractivity contribution in [2.75, 3.05) is 11.9 Å². The molecule has 8 heteroatoms. The predicted octanol–water partition coefficient (Wildman–Crippen LogP) is 4.81. The van der Waals surface area contributed by atoms with Crippen LogP contribution in [-0.2, 0) is 4.74 Å². The van der Waals surface area contributed by atoms with Crippen molar-refractivity contribution in [2.24, 2.45) is 0 Å². The Morgan fingerprint density at radius 3 is 2.65 bits per heavy atom. The summed E-state index contributed by atoms with van der Waals surface area (Å²) in [6.45, 7) is 2.12. The lowest BCUT2D eigenvalue weighted by molar-refractivity contribution is 0.0526. The van der Waals surface area contributed by atoms with E-state index in [2.05, 4.69) is 20.3 Å². The molecule has 26 heavy (non-hydrogen) atoms. The Balaban J connectivity index is 1.67. The van der Waals surface area contributed by atoms with E-state index in [4.69, 9.17) is 16.3 Å². The van der Waals surface area contributed by atoms with Gasteiger partial charge in [-0.3, -0.25) is 0 Å². The number of carbonyl (C=O) groups excluding carboxylic acids is 1. The van der Waals surface area contributed by atoms with E-state index in [1.807, 2.05) is 24.3 Å². The topological polar surface area (TPSA) is 77.0 Å². The zero-order valence-corrected chi connectivity index (χ0v) is 15.3. The van der Waals surface area contributed by atoms with Gasteiger partial charge in [-0.15, -0.1) is 0 Å². The number of para-hydroxylation sites is 2. The third-order valence-electron chi connectivity index (χ3n) is 3.65. The molecule has 0 radical (unpaired) electrons. The molecule has 2 aromatic carbocycles. The van der Waals surface area contributed by atoms with Crippen LogP contribution in [0.5, 0.6) is 0 Å². The molecule has 0 spiro atoms. The molecule has 0 saturated carbocycles. The summed E-state index contributed by atoms with van der Waals surface area (Å²) in [5, 5.41) is 4.00. The maximum absolute atomic E-state index is 11.9. The molecule has 0 aliphatic carbocycles. The quantitative estimate of drug-likeness (QED) is 0.508. The molecule has 4 rings (SSSR count). The Kier molecular flexibility index (Phi) is 4.40. The maximum Gasteiger partial charge on any atom is 0.338 e. The Labute approximate surface area is 157 Å². The highest BCUT2D eigenvalue weighted by atomic mass is 35.5. The van der Waals surface area contributed by atoms with E-state index in [1.165, 1.54) is 11.3 Å². The molecular weight excluding hydrogens is 372 g/mol. The van der Waals surface area contributed by atoms with Gasteiger partial charge in [0.2, 0.25) is 0 Å². The highest BCUT2D eigenvalue weighted by Gasteiger charge is 2.12. The SMILES string of the molecule is CCOC(=O)c1ccc2nc(Nc3nc4ccccc4nc3Cl)sc2c1.